The van der Waals surface area contributed by atoms with Crippen LogP contribution in [0.3, 0.4) is 0 Å². The van der Waals surface area contributed by atoms with Crippen LogP contribution in [-0.4, -0.2) is 21.8 Å². The number of amides is 2. The van der Waals surface area contributed by atoms with E-state index in [-0.39, 0.29) is 11.8 Å². The Bertz CT molecular complexity index is 1960. The van der Waals surface area contributed by atoms with Gasteiger partial charge in [0, 0.05) is 33.0 Å². The number of aryl methyl sites for hydroxylation is 2. The number of nitrogens with one attached hydrogen (secondary N) is 1. The fraction of sp³-hybridized carbons (Fsp3) is 0.0714. The number of thiophene rings is 3. The molecule has 2 aromatic carbocycles. The fourth-order valence-corrected chi connectivity index (χ4v) is 10.5. The Morgan fingerprint density at radius 1 is 0.632 bits per heavy atom. The molecule has 0 spiro atoms. The van der Waals surface area contributed by atoms with Crippen LogP contribution >= 0.6 is 65.9 Å². The van der Waals surface area contributed by atoms with Gasteiger partial charge in [0.05, 0.1) is 38.5 Å². The van der Waals surface area contributed by atoms with E-state index in [9.17, 15) is 9.59 Å². The first kappa shape index (κ1) is 23.2. The molecule has 0 saturated carbocycles. The van der Waals surface area contributed by atoms with Gasteiger partial charge in [-0.15, -0.1) is 34.0 Å². The number of rotatable bonds is 2. The topological polar surface area (TPSA) is 72.0 Å². The summed E-state index contributed by atoms with van der Waals surface area (Å²) < 4.78 is 2.15. The van der Waals surface area contributed by atoms with E-state index >= 15 is 0 Å². The maximum absolute atomic E-state index is 12.7. The third kappa shape index (κ3) is 3.00. The lowest BCUT2D eigenvalue weighted by atomic mass is 9.92. The van der Waals surface area contributed by atoms with Crippen LogP contribution in [0.15, 0.2) is 44.0 Å². The quantitative estimate of drug-likeness (QED) is 0.185. The van der Waals surface area contributed by atoms with Crippen LogP contribution in [0.2, 0.25) is 0 Å². The monoisotopic (exact) mass is 677 g/mol. The van der Waals surface area contributed by atoms with Crippen molar-refractivity contribution in [2.24, 2.45) is 0 Å². The molecule has 1 aliphatic heterocycles. The first-order chi connectivity index (χ1) is 18.3. The van der Waals surface area contributed by atoms with E-state index in [2.05, 4.69) is 63.2 Å². The van der Waals surface area contributed by atoms with Gasteiger partial charge in [-0.3, -0.25) is 14.9 Å². The van der Waals surface area contributed by atoms with Crippen LogP contribution < -0.4 is 5.32 Å². The second-order valence-corrected chi connectivity index (χ2v) is 15.2. The Morgan fingerprint density at radius 2 is 1.05 bits per heavy atom. The van der Waals surface area contributed by atoms with E-state index in [1.165, 1.54) is 20.9 Å². The molecular formula is C28H13Br2N3O2S3. The van der Waals surface area contributed by atoms with E-state index in [1.54, 1.807) is 46.1 Å². The molecule has 0 fully saturated rings. The van der Waals surface area contributed by atoms with Crippen LogP contribution in [0.25, 0.3) is 63.8 Å². The lowest BCUT2D eigenvalue weighted by Crippen LogP contribution is -2.34. The van der Waals surface area contributed by atoms with Gasteiger partial charge in [0.15, 0.2) is 0 Å². The molecule has 0 radical (unpaired) electrons. The zero-order chi connectivity index (χ0) is 26.0. The normalized spacial score (nSPS) is 13.6. The van der Waals surface area contributed by atoms with Crippen molar-refractivity contribution in [3.63, 3.8) is 0 Å². The number of imide groups is 1. The maximum atomic E-state index is 12.7. The molecule has 6 aromatic rings. The lowest BCUT2D eigenvalue weighted by Gasteiger charge is -2.17. The summed E-state index contributed by atoms with van der Waals surface area (Å²) in [4.78, 5) is 40.4. The molecule has 4 aromatic heterocycles. The molecule has 8 rings (SSSR count). The minimum atomic E-state index is -0.370. The van der Waals surface area contributed by atoms with E-state index in [4.69, 9.17) is 9.97 Å². The lowest BCUT2D eigenvalue weighted by molar-refractivity contribution is 0.0845. The highest BCUT2D eigenvalue weighted by molar-refractivity contribution is 9.11. The molecule has 10 heteroatoms. The second-order valence-electron chi connectivity index (χ2n) is 9.36. The van der Waals surface area contributed by atoms with E-state index in [0.717, 1.165) is 56.3 Å². The van der Waals surface area contributed by atoms with Crippen LogP contribution in [-0.2, 0) is 0 Å². The first-order valence-corrected chi connectivity index (χ1v) is 15.7. The minimum Gasteiger partial charge on any atom is -0.288 e. The average molecular weight is 679 g/mol. The highest BCUT2D eigenvalue weighted by Gasteiger charge is 2.34. The van der Waals surface area contributed by atoms with E-state index < -0.39 is 0 Å². The molecule has 0 saturated heterocycles. The number of aromatic nitrogens is 2. The van der Waals surface area contributed by atoms with Gasteiger partial charge in [0.2, 0.25) is 0 Å². The second kappa shape index (κ2) is 7.89. The predicted octanol–water partition coefficient (Wildman–Crippen LogP) is 8.97. The van der Waals surface area contributed by atoms with Crippen molar-refractivity contribution < 1.29 is 9.59 Å². The van der Waals surface area contributed by atoms with Gasteiger partial charge in [0.25, 0.3) is 11.8 Å². The zero-order valence-corrected chi connectivity index (χ0v) is 25.3. The predicted molar refractivity (Wildman–Crippen MR) is 163 cm³/mol. The standard InChI is InChI=1S/C28H13Br2N3O2S3/c1-9-7-15(29)36-23(9)25-21-22(26(38-25)24-10(2)8-16(30)37-24)32-20-12-4-6-14-18-13(27(34)33-28(14)35)5-3-11(17(12)18)19(20)31-21/h3-8H,1-2H3,(H,33,34,35). The van der Waals surface area contributed by atoms with Crippen LogP contribution in [0.5, 0.6) is 0 Å². The van der Waals surface area contributed by atoms with Gasteiger partial charge < -0.3 is 0 Å². The molecule has 2 aliphatic rings. The molecule has 1 aliphatic carbocycles. The van der Waals surface area contributed by atoms with Crippen molar-refractivity contribution in [1.29, 1.82) is 0 Å². The average Bonchev–Trinajstić information content (AvgIpc) is 3.60. The molecule has 184 valence electrons. The number of carbonyl (C=O) groups is 2. The van der Waals surface area contributed by atoms with Gasteiger partial charge in [0.1, 0.15) is 11.0 Å². The SMILES string of the molecule is Cc1cc(Br)sc1-c1sc(-c2sc(Br)cc2C)c2nc3c(nc12)-c1ccc2c4c(ccc-3c14)C(=O)NC2=O. The van der Waals surface area contributed by atoms with Gasteiger partial charge in [-0.25, -0.2) is 9.97 Å². The number of nitrogens with zero attached hydrogens (tertiary/aromatic N) is 2. The van der Waals surface area contributed by atoms with Gasteiger partial charge in [-0.05, 0) is 81.1 Å². The van der Waals surface area contributed by atoms with E-state index in [1.807, 2.05) is 12.1 Å². The summed E-state index contributed by atoms with van der Waals surface area (Å²) in [6, 6.07) is 11.7. The Balaban J connectivity index is 1.49. The zero-order valence-electron chi connectivity index (χ0n) is 19.7. The number of benzene rings is 2. The van der Waals surface area contributed by atoms with Crippen molar-refractivity contribution >= 4 is 99.5 Å². The summed E-state index contributed by atoms with van der Waals surface area (Å²) in [6.07, 6.45) is 0. The Morgan fingerprint density at radius 3 is 1.47 bits per heavy atom. The number of halogens is 2. The molecule has 0 unspecified atom stereocenters. The molecule has 5 heterocycles. The Labute approximate surface area is 244 Å². The van der Waals surface area contributed by atoms with Crippen LogP contribution in [0.1, 0.15) is 31.8 Å². The summed E-state index contributed by atoms with van der Waals surface area (Å²) >= 11 is 12.5. The molecule has 1 N–H and O–H groups in total. The van der Waals surface area contributed by atoms with Crippen molar-refractivity contribution in [3.8, 4) is 42.0 Å². The van der Waals surface area contributed by atoms with Crippen LogP contribution in [0, 0.1) is 13.8 Å². The van der Waals surface area contributed by atoms with Crippen molar-refractivity contribution in [1.82, 2.24) is 15.3 Å². The van der Waals surface area contributed by atoms with E-state index in [0.29, 0.717) is 16.5 Å². The summed E-state index contributed by atoms with van der Waals surface area (Å²) in [6.45, 7) is 4.24. The van der Waals surface area contributed by atoms with Crippen molar-refractivity contribution in [2.45, 2.75) is 13.8 Å². The summed E-state index contributed by atoms with van der Waals surface area (Å²) in [5.41, 5.74) is 8.53. The Hall–Kier alpha value is -2.76. The minimum absolute atomic E-state index is 0.370. The van der Waals surface area contributed by atoms with Crippen LogP contribution in [0.4, 0.5) is 0 Å². The largest absolute Gasteiger partial charge is 0.288 e. The Kier molecular flexibility index (Phi) is 4.81. The summed E-state index contributed by atoms with van der Waals surface area (Å²) in [7, 11) is 0. The molecule has 0 atom stereocenters. The fourth-order valence-electron chi connectivity index (χ4n) is 5.48. The van der Waals surface area contributed by atoms with Crippen molar-refractivity contribution in [3.05, 3.63) is 66.2 Å². The maximum Gasteiger partial charge on any atom is 0.258 e. The summed E-state index contributed by atoms with van der Waals surface area (Å²) in [5.74, 6) is -0.739. The first-order valence-electron chi connectivity index (χ1n) is 11.6. The van der Waals surface area contributed by atoms with Gasteiger partial charge in [-0.1, -0.05) is 12.1 Å². The smallest absolute Gasteiger partial charge is 0.258 e. The molecule has 5 nitrogen and oxygen atoms in total. The summed E-state index contributed by atoms with van der Waals surface area (Å²) in [5, 5.41) is 4.02. The number of hydrogen-bond acceptors (Lipinski definition) is 7. The highest BCUT2D eigenvalue weighted by atomic mass is 79.9. The molecule has 0 bridgehead atoms. The number of fused-ring (bicyclic) bond motifs is 4. The molecular weight excluding hydrogens is 666 g/mol. The van der Waals surface area contributed by atoms with Crippen molar-refractivity contribution in [2.75, 3.05) is 0 Å². The third-order valence-electron chi connectivity index (χ3n) is 7.11. The molecule has 38 heavy (non-hydrogen) atoms. The van der Waals surface area contributed by atoms with Gasteiger partial charge >= 0.3 is 0 Å². The number of carbonyl (C=O) groups excluding carboxylic acids is 2. The van der Waals surface area contributed by atoms with Gasteiger partial charge in [-0.2, -0.15) is 0 Å². The third-order valence-corrected chi connectivity index (χ3v) is 12.1. The number of hydrogen-bond donors (Lipinski definition) is 1. The molecule has 2 amide bonds. The highest BCUT2D eigenvalue weighted by Crippen LogP contribution is 2.53.